The molecule has 0 bridgehead atoms. The molecule has 1 unspecified atom stereocenters. The lowest BCUT2D eigenvalue weighted by Gasteiger charge is -1.93. The van der Waals surface area contributed by atoms with Gasteiger partial charge in [0.2, 0.25) is 6.29 Å². The van der Waals surface area contributed by atoms with Crippen LogP contribution < -0.4 is 0 Å². The van der Waals surface area contributed by atoms with Crippen molar-refractivity contribution in [1.82, 2.24) is 0 Å². The standard InChI is InChI=1S/C7H11O/c1-3-5-7(4-2)6-8/h3,5,7H,4H2,1-2H3. The minimum Gasteiger partial charge on any atom is -0.290 e. The highest BCUT2D eigenvalue weighted by Crippen LogP contribution is 1.98. The first kappa shape index (κ1) is 7.41. The van der Waals surface area contributed by atoms with Gasteiger partial charge in [-0.3, -0.25) is 4.79 Å². The molecular weight excluding hydrogens is 100 g/mol. The van der Waals surface area contributed by atoms with E-state index in [0.29, 0.717) is 0 Å². The molecule has 0 aromatic rings. The summed E-state index contributed by atoms with van der Waals surface area (Å²) in [6.07, 6.45) is 6.50. The number of allylic oxidation sites excluding steroid dienone is 2. The lowest BCUT2D eigenvalue weighted by atomic mass is 10.1. The van der Waals surface area contributed by atoms with Gasteiger partial charge in [0.1, 0.15) is 0 Å². The monoisotopic (exact) mass is 111 g/mol. The molecule has 0 aliphatic carbocycles. The average Bonchev–Trinajstić information content (AvgIpc) is 1.83. The van der Waals surface area contributed by atoms with Crippen LogP contribution >= 0.6 is 0 Å². The first-order valence-corrected chi connectivity index (χ1v) is 2.85. The molecule has 0 aliphatic rings. The first-order valence-electron chi connectivity index (χ1n) is 2.85. The number of carbonyl (C=O) groups excluding carboxylic acids is 1. The second-order valence-corrected chi connectivity index (χ2v) is 1.66. The second kappa shape index (κ2) is 4.57. The van der Waals surface area contributed by atoms with E-state index in [1.807, 2.05) is 32.3 Å². The van der Waals surface area contributed by atoms with Crippen molar-refractivity contribution in [1.29, 1.82) is 0 Å². The topological polar surface area (TPSA) is 17.1 Å². The molecule has 0 aromatic heterocycles. The molecule has 8 heavy (non-hydrogen) atoms. The molecule has 0 rings (SSSR count). The summed E-state index contributed by atoms with van der Waals surface area (Å²) in [6.45, 7) is 3.87. The molecule has 0 aliphatic heterocycles. The van der Waals surface area contributed by atoms with Gasteiger partial charge in [-0.1, -0.05) is 19.1 Å². The maximum atomic E-state index is 9.95. The zero-order valence-electron chi connectivity index (χ0n) is 5.35. The van der Waals surface area contributed by atoms with E-state index in [0.717, 1.165) is 6.42 Å². The lowest BCUT2D eigenvalue weighted by Crippen LogP contribution is -1.92. The zero-order valence-corrected chi connectivity index (χ0v) is 5.35. The van der Waals surface area contributed by atoms with Crippen LogP contribution in [0.4, 0.5) is 0 Å². The van der Waals surface area contributed by atoms with Crippen LogP contribution in [0.1, 0.15) is 20.3 Å². The normalized spacial score (nSPS) is 14.2. The van der Waals surface area contributed by atoms with Crippen LogP contribution in [0.25, 0.3) is 0 Å². The Morgan fingerprint density at radius 3 is 2.50 bits per heavy atom. The van der Waals surface area contributed by atoms with Crippen molar-refractivity contribution in [2.75, 3.05) is 0 Å². The van der Waals surface area contributed by atoms with Crippen LogP contribution in [0.2, 0.25) is 0 Å². The van der Waals surface area contributed by atoms with E-state index < -0.39 is 0 Å². The third kappa shape index (κ3) is 2.56. The Morgan fingerprint density at radius 1 is 1.75 bits per heavy atom. The molecule has 0 fully saturated rings. The molecule has 45 valence electrons. The van der Waals surface area contributed by atoms with Crippen LogP contribution in [-0.2, 0) is 4.79 Å². The minimum atomic E-state index is 0.0139. The van der Waals surface area contributed by atoms with Crippen LogP contribution in [0.5, 0.6) is 0 Å². The summed E-state index contributed by atoms with van der Waals surface area (Å²) >= 11 is 0. The van der Waals surface area contributed by atoms with Crippen LogP contribution in [0.15, 0.2) is 12.2 Å². The van der Waals surface area contributed by atoms with Crippen molar-refractivity contribution in [3.8, 4) is 0 Å². The zero-order chi connectivity index (χ0) is 6.41. The van der Waals surface area contributed by atoms with Crippen LogP contribution in [0, 0.1) is 5.92 Å². The molecule has 0 saturated carbocycles. The maximum absolute atomic E-state index is 9.95. The molecule has 0 amide bonds. The van der Waals surface area contributed by atoms with E-state index in [1.165, 1.54) is 0 Å². The van der Waals surface area contributed by atoms with E-state index in [4.69, 9.17) is 0 Å². The van der Waals surface area contributed by atoms with Crippen LogP contribution in [0.3, 0.4) is 0 Å². The highest BCUT2D eigenvalue weighted by atomic mass is 16.1. The molecule has 1 atom stereocenters. The van der Waals surface area contributed by atoms with Crippen molar-refractivity contribution >= 4 is 6.29 Å². The van der Waals surface area contributed by atoms with Crippen molar-refractivity contribution in [3.05, 3.63) is 12.2 Å². The molecule has 0 spiro atoms. The van der Waals surface area contributed by atoms with Gasteiger partial charge in [-0.05, 0) is 13.3 Å². The van der Waals surface area contributed by atoms with Gasteiger partial charge in [-0.25, -0.2) is 0 Å². The largest absolute Gasteiger partial charge is 0.290 e. The Hall–Kier alpha value is -0.590. The van der Waals surface area contributed by atoms with E-state index in [2.05, 4.69) is 0 Å². The molecule has 1 heteroatoms. The van der Waals surface area contributed by atoms with E-state index in [-0.39, 0.29) is 5.92 Å². The predicted molar refractivity (Wildman–Crippen MR) is 34.3 cm³/mol. The fourth-order valence-corrected chi connectivity index (χ4v) is 0.491. The second-order valence-electron chi connectivity index (χ2n) is 1.66. The number of rotatable bonds is 3. The molecule has 1 radical (unpaired) electrons. The van der Waals surface area contributed by atoms with Crippen molar-refractivity contribution in [2.24, 2.45) is 5.92 Å². The maximum Gasteiger partial charge on any atom is 0.205 e. The fourth-order valence-electron chi connectivity index (χ4n) is 0.491. The lowest BCUT2D eigenvalue weighted by molar-refractivity contribution is 0.535. The predicted octanol–water partition coefficient (Wildman–Crippen LogP) is 1.70. The third-order valence-electron chi connectivity index (χ3n) is 1.02. The van der Waals surface area contributed by atoms with Crippen molar-refractivity contribution in [3.63, 3.8) is 0 Å². The number of hydrogen-bond acceptors (Lipinski definition) is 1. The van der Waals surface area contributed by atoms with E-state index in [1.54, 1.807) is 0 Å². The van der Waals surface area contributed by atoms with Gasteiger partial charge < -0.3 is 0 Å². The first-order chi connectivity index (χ1) is 3.85. The summed E-state index contributed by atoms with van der Waals surface area (Å²) in [5.41, 5.74) is 0. The Morgan fingerprint density at radius 2 is 2.38 bits per heavy atom. The van der Waals surface area contributed by atoms with Gasteiger partial charge >= 0.3 is 0 Å². The van der Waals surface area contributed by atoms with Gasteiger partial charge in [0.05, 0.1) is 0 Å². The molecule has 1 nitrogen and oxygen atoms in total. The summed E-state index contributed by atoms with van der Waals surface area (Å²) in [5, 5.41) is 0. The Labute approximate surface area is 50.4 Å². The van der Waals surface area contributed by atoms with Gasteiger partial charge in [0.25, 0.3) is 0 Å². The minimum absolute atomic E-state index is 0.0139. The number of hydrogen-bond donors (Lipinski definition) is 0. The Balaban J connectivity index is 3.52. The smallest absolute Gasteiger partial charge is 0.205 e. The SMILES string of the molecule is CC=CC([C]=O)CC. The van der Waals surface area contributed by atoms with Gasteiger partial charge in [0, 0.05) is 5.92 Å². The Bertz CT molecular complexity index is 84.4. The van der Waals surface area contributed by atoms with Gasteiger partial charge in [-0.2, -0.15) is 0 Å². The summed E-state index contributed by atoms with van der Waals surface area (Å²) in [4.78, 5) is 9.95. The quantitative estimate of drug-likeness (QED) is 0.506. The molecule has 0 saturated heterocycles. The average molecular weight is 111 g/mol. The highest BCUT2D eigenvalue weighted by Gasteiger charge is 1.96. The van der Waals surface area contributed by atoms with Gasteiger partial charge in [0.15, 0.2) is 0 Å². The molecule has 0 N–H and O–H groups in total. The van der Waals surface area contributed by atoms with E-state index >= 15 is 0 Å². The van der Waals surface area contributed by atoms with E-state index in [9.17, 15) is 4.79 Å². The molecule has 0 aromatic carbocycles. The fraction of sp³-hybridized carbons (Fsp3) is 0.571. The molecular formula is C7H11O. The third-order valence-corrected chi connectivity index (χ3v) is 1.02. The summed E-state index contributed by atoms with van der Waals surface area (Å²) in [5.74, 6) is 0.0139. The van der Waals surface area contributed by atoms with Crippen LogP contribution in [-0.4, -0.2) is 6.29 Å². The summed E-state index contributed by atoms with van der Waals surface area (Å²) < 4.78 is 0. The van der Waals surface area contributed by atoms with Gasteiger partial charge in [-0.15, -0.1) is 0 Å². The highest BCUT2D eigenvalue weighted by molar-refractivity contribution is 5.57. The summed E-state index contributed by atoms with van der Waals surface area (Å²) in [7, 11) is 0. The molecule has 0 heterocycles. The Kier molecular flexibility index (Phi) is 4.23. The van der Waals surface area contributed by atoms with Crippen molar-refractivity contribution in [2.45, 2.75) is 20.3 Å². The van der Waals surface area contributed by atoms with Crippen molar-refractivity contribution < 1.29 is 4.79 Å². The summed E-state index contributed by atoms with van der Waals surface area (Å²) in [6, 6.07) is 0.